The number of halogens is 1. The van der Waals surface area contributed by atoms with E-state index in [1.54, 1.807) is 45.2 Å². The summed E-state index contributed by atoms with van der Waals surface area (Å²) in [6, 6.07) is 6.92. The van der Waals surface area contributed by atoms with Gasteiger partial charge in [0.05, 0.1) is 22.8 Å². The van der Waals surface area contributed by atoms with Crippen LogP contribution >= 0.6 is 11.6 Å². The van der Waals surface area contributed by atoms with Crippen LogP contribution in [0.5, 0.6) is 0 Å². The number of nitrogens with one attached hydrogen (secondary N) is 2. The van der Waals surface area contributed by atoms with Crippen LogP contribution in [0.4, 0.5) is 11.5 Å². The van der Waals surface area contributed by atoms with E-state index >= 15 is 0 Å². The maximum Gasteiger partial charge on any atom is 0.340 e. The molecule has 172 valence electrons. The van der Waals surface area contributed by atoms with Gasteiger partial charge in [-0.3, -0.25) is 4.79 Å². The van der Waals surface area contributed by atoms with Crippen LogP contribution in [0.15, 0.2) is 36.8 Å². The van der Waals surface area contributed by atoms with Gasteiger partial charge in [-0.05, 0) is 57.7 Å². The van der Waals surface area contributed by atoms with Crippen molar-refractivity contribution in [2.45, 2.75) is 39.2 Å². The molecule has 0 atom stereocenters. The SMILES string of the molecule is CC(C)(C)OC(=O)c1cccc(NCC(=O)N2CCC(CNc3ccncn3)CC2)c1Cl. The molecule has 0 aliphatic carbocycles. The topological polar surface area (TPSA) is 96.5 Å². The number of rotatable bonds is 7. The predicted molar refractivity (Wildman–Crippen MR) is 125 cm³/mol. The number of esters is 1. The van der Waals surface area contributed by atoms with Gasteiger partial charge in [0.15, 0.2) is 0 Å². The van der Waals surface area contributed by atoms with Crippen LogP contribution in [-0.4, -0.2) is 58.5 Å². The predicted octanol–water partition coefficient (Wildman–Crippen LogP) is 3.85. The summed E-state index contributed by atoms with van der Waals surface area (Å²) in [5.74, 6) is 0.816. The number of ether oxygens (including phenoxy) is 1. The van der Waals surface area contributed by atoms with E-state index in [1.165, 1.54) is 6.33 Å². The van der Waals surface area contributed by atoms with Gasteiger partial charge in [0.2, 0.25) is 5.91 Å². The maximum absolute atomic E-state index is 12.7. The van der Waals surface area contributed by atoms with Crippen molar-refractivity contribution in [2.24, 2.45) is 5.92 Å². The number of carbonyl (C=O) groups excluding carboxylic acids is 2. The Labute approximate surface area is 193 Å². The summed E-state index contributed by atoms with van der Waals surface area (Å²) < 4.78 is 5.40. The zero-order valence-electron chi connectivity index (χ0n) is 18.7. The summed E-state index contributed by atoms with van der Waals surface area (Å²) >= 11 is 6.40. The first-order valence-electron chi connectivity index (χ1n) is 10.8. The Kier molecular flexibility index (Phi) is 7.90. The van der Waals surface area contributed by atoms with E-state index < -0.39 is 11.6 Å². The molecule has 1 saturated heterocycles. The van der Waals surface area contributed by atoms with Crippen molar-refractivity contribution in [1.29, 1.82) is 0 Å². The highest BCUT2D eigenvalue weighted by atomic mass is 35.5. The van der Waals surface area contributed by atoms with Gasteiger partial charge >= 0.3 is 5.97 Å². The normalized spacial score (nSPS) is 14.7. The third-order valence-corrected chi connectivity index (χ3v) is 5.58. The minimum atomic E-state index is -0.615. The molecule has 8 nitrogen and oxygen atoms in total. The monoisotopic (exact) mass is 459 g/mol. The molecule has 1 amide bonds. The van der Waals surface area contributed by atoms with Gasteiger partial charge in [-0.1, -0.05) is 17.7 Å². The van der Waals surface area contributed by atoms with E-state index in [2.05, 4.69) is 20.6 Å². The molecule has 1 aromatic carbocycles. The van der Waals surface area contributed by atoms with Crippen molar-refractivity contribution in [3.63, 3.8) is 0 Å². The molecule has 1 aromatic heterocycles. The maximum atomic E-state index is 12.7. The fraction of sp³-hybridized carbons (Fsp3) is 0.478. The summed E-state index contributed by atoms with van der Waals surface area (Å²) in [5.41, 5.74) is 0.194. The highest BCUT2D eigenvalue weighted by Gasteiger charge is 2.24. The lowest BCUT2D eigenvalue weighted by atomic mass is 9.96. The first kappa shape index (κ1) is 23.8. The van der Waals surface area contributed by atoms with Crippen LogP contribution in [0.3, 0.4) is 0 Å². The van der Waals surface area contributed by atoms with Crippen LogP contribution in [0.2, 0.25) is 5.02 Å². The summed E-state index contributed by atoms with van der Waals surface area (Å²) in [6.07, 6.45) is 5.09. The first-order valence-corrected chi connectivity index (χ1v) is 11.1. The Morgan fingerprint density at radius 1 is 1.19 bits per heavy atom. The molecule has 0 saturated carbocycles. The minimum Gasteiger partial charge on any atom is -0.456 e. The molecule has 2 N–H and O–H groups in total. The second-order valence-corrected chi connectivity index (χ2v) is 9.20. The van der Waals surface area contributed by atoms with E-state index in [0.29, 0.717) is 24.7 Å². The molecule has 9 heteroatoms. The molecule has 1 fully saturated rings. The lowest BCUT2D eigenvalue weighted by molar-refractivity contribution is -0.130. The molecule has 1 aliphatic heterocycles. The van der Waals surface area contributed by atoms with E-state index in [-0.39, 0.29) is 23.0 Å². The van der Waals surface area contributed by atoms with E-state index in [9.17, 15) is 9.59 Å². The zero-order chi connectivity index (χ0) is 23.1. The smallest absolute Gasteiger partial charge is 0.340 e. The lowest BCUT2D eigenvalue weighted by Crippen LogP contribution is -2.42. The highest BCUT2D eigenvalue weighted by molar-refractivity contribution is 6.36. The number of aromatic nitrogens is 2. The molecular formula is C23H30ClN5O3. The average molecular weight is 460 g/mol. The molecule has 0 unspecified atom stereocenters. The van der Waals surface area contributed by atoms with E-state index in [1.807, 2.05) is 11.0 Å². The molecule has 2 heterocycles. The van der Waals surface area contributed by atoms with E-state index in [4.69, 9.17) is 16.3 Å². The van der Waals surface area contributed by atoms with Crippen molar-refractivity contribution in [2.75, 3.05) is 36.8 Å². The molecular weight excluding hydrogens is 430 g/mol. The standard InChI is InChI=1S/C23H30ClN5O3/c1-23(2,3)32-22(31)17-5-4-6-18(21(17)24)26-14-20(30)29-11-8-16(9-12-29)13-27-19-7-10-25-15-28-19/h4-7,10,15-16,26H,8-9,11-14H2,1-3H3,(H,25,27,28). The third kappa shape index (κ3) is 6.82. The largest absolute Gasteiger partial charge is 0.456 e. The van der Waals surface area contributed by atoms with Gasteiger partial charge in [0.25, 0.3) is 0 Å². The van der Waals surface area contributed by atoms with Crippen molar-refractivity contribution in [1.82, 2.24) is 14.9 Å². The highest BCUT2D eigenvalue weighted by Crippen LogP contribution is 2.28. The van der Waals surface area contributed by atoms with Crippen LogP contribution in [-0.2, 0) is 9.53 Å². The van der Waals surface area contributed by atoms with Crippen LogP contribution in [0.1, 0.15) is 44.0 Å². The van der Waals surface area contributed by atoms with Gasteiger partial charge < -0.3 is 20.3 Å². The number of hydrogen-bond donors (Lipinski definition) is 2. The number of amides is 1. The third-order valence-electron chi connectivity index (χ3n) is 5.17. The summed E-state index contributed by atoms with van der Waals surface area (Å²) in [7, 11) is 0. The van der Waals surface area contributed by atoms with Crippen LogP contribution in [0, 0.1) is 5.92 Å². The molecule has 0 radical (unpaired) electrons. The Morgan fingerprint density at radius 2 is 1.94 bits per heavy atom. The number of likely N-dealkylation sites (tertiary alicyclic amines) is 1. The Hall–Kier alpha value is -2.87. The fourth-order valence-corrected chi connectivity index (χ4v) is 3.74. The van der Waals surface area contributed by atoms with Crippen molar-refractivity contribution >= 4 is 35.0 Å². The van der Waals surface area contributed by atoms with Crippen molar-refractivity contribution < 1.29 is 14.3 Å². The number of hydrogen-bond acceptors (Lipinski definition) is 7. The summed E-state index contributed by atoms with van der Waals surface area (Å²) in [5, 5.41) is 6.64. The first-order chi connectivity index (χ1) is 15.2. The molecule has 0 spiro atoms. The van der Waals surface area contributed by atoms with E-state index in [0.717, 1.165) is 25.2 Å². The number of anilines is 2. The number of carbonyl (C=O) groups is 2. The summed E-state index contributed by atoms with van der Waals surface area (Å²) in [4.78, 5) is 35.0. The molecule has 32 heavy (non-hydrogen) atoms. The Balaban J connectivity index is 1.47. The van der Waals surface area contributed by atoms with Crippen molar-refractivity contribution in [3.8, 4) is 0 Å². The van der Waals surface area contributed by atoms with Gasteiger partial charge in [-0.2, -0.15) is 0 Å². The molecule has 0 bridgehead atoms. The Morgan fingerprint density at radius 3 is 2.59 bits per heavy atom. The lowest BCUT2D eigenvalue weighted by Gasteiger charge is -2.32. The molecule has 1 aliphatic rings. The van der Waals surface area contributed by atoms with Gasteiger partial charge in [-0.15, -0.1) is 0 Å². The van der Waals surface area contributed by atoms with Crippen LogP contribution < -0.4 is 10.6 Å². The number of nitrogens with zero attached hydrogens (tertiary/aromatic N) is 3. The van der Waals surface area contributed by atoms with Gasteiger partial charge in [0.1, 0.15) is 17.7 Å². The average Bonchev–Trinajstić information content (AvgIpc) is 2.76. The van der Waals surface area contributed by atoms with Crippen LogP contribution in [0.25, 0.3) is 0 Å². The second kappa shape index (κ2) is 10.6. The minimum absolute atomic E-state index is 0.00551. The summed E-state index contributed by atoms with van der Waals surface area (Å²) in [6.45, 7) is 7.76. The van der Waals surface area contributed by atoms with Gasteiger partial charge in [0, 0.05) is 25.8 Å². The second-order valence-electron chi connectivity index (χ2n) is 8.82. The number of benzene rings is 1. The van der Waals surface area contributed by atoms with Crippen molar-refractivity contribution in [3.05, 3.63) is 47.4 Å². The molecule has 2 aromatic rings. The van der Waals surface area contributed by atoms with Gasteiger partial charge in [-0.25, -0.2) is 14.8 Å². The quantitative estimate of drug-likeness (QED) is 0.607. The zero-order valence-corrected chi connectivity index (χ0v) is 19.5. The Bertz CT molecular complexity index is 925. The number of piperidine rings is 1. The molecule has 3 rings (SSSR count). The fourth-order valence-electron chi connectivity index (χ4n) is 3.47.